The average Bonchev–Trinajstić information content (AvgIpc) is 3.44. The quantitative estimate of drug-likeness (QED) is 0.795. The Bertz CT molecular complexity index is 1080. The molecule has 2 atom stereocenters. The van der Waals surface area contributed by atoms with E-state index in [0.717, 1.165) is 33.4 Å². The van der Waals surface area contributed by atoms with Gasteiger partial charge in [-0.05, 0) is 41.5 Å². The summed E-state index contributed by atoms with van der Waals surface area (Å²) in [7, 11) is 1.63. The summed E-state index contributed by atoms with van der Waals surface area (Å²) in [5, 5.41) is 5.96. The van der Waals surface area contributed by atoms with Gasteiger partial charge in [-0.3, -0.25) is 14.8 Å². The van der Waals surface area contributed by atoms with Gasteiger partial charge in [0.2, 0.25) is 6.79 Å². The second kappa shape index (κ2) is 7.87. The summed E-state index contributed by atoms with van der Waals surface area (Å²) < 4.78 is 10.8. The maximum Gasteiger partial charge on any atom is 0.251 e. The van der Waals surface area contributed by atoms with Crippen molar-refractivity contribution in [1.82, 2.24) is 10.6 Å². The van der Waals surface area contributed by atoms with Gasteiger partial charge in [0.25, 0.3) is 5.91 Å². The highest BCUT2D eigenvalue weighted by molar-refractivity contribution is 8.09. The summed E-state index contributed by atoms with van der Waals surface area (Å²) in [4.78, 5) is 22.3. The zero-order valence-corrected chi connectivity index (χ0v) is 17.1. The normalized spacial score (nSPS) is 22.4. The van der Waals surface area contributed by atoms with E-state index in [2.05, 4.69) is 21.7 Å². The van der Waals surface area contributed by atoms with Crippen LogP contribution >= 0.6 is 11.8 Å². The lowest BCUT2D eigenvalue weighted by Gasteiger charge is -2.22. The predicted molar refractivity (Wildman–Crippen MR) is 118 cm³/mol. The van der Waals surface area contributed by atoms with Gasteiger partial charge >= 0.3 is 0 Å². The number of fused-ring (bicyclic) bond motifs is 2. The smallest absolute Gasteiger partial charge is 0.251 e. The number of benzene rings is 2. The molecule has 30 heavy (non-hydrogen) atoms. The molecule has 5 rings (SSSR count). The summed E-state index contributed by atoms with van der Waals surface area (Å²) in [6.45, 7) is 0.816. The van der Waals surface area contributed by atoms with Gasteiger partial charge in [0, 0.05) is 17.5 Å². The van der Waals surface area contributed by atoms with E-state index >= 15 is 0 Å². The molecule has 2 aromatic rings. The minimum absolute atomic E-state index is 0.0420. The summed E-state index contributed by atoms with van der Waals surface area (Å²) in [6, 6.07) is 13.6. The van der Waals surface area contributed by atoms with E-state index in [1.807, 2.05) is 42.5 Å². The highest BCUT2D eigenvalue weighted by atomic mass is 32.2. The number of carbonyl (C=O) groups excluding carboxylic acids is 1. The Kier molecular flexibility index (Phi) is 4.92. The SMILES string of the molecule is CNC(=O)c1ccc(C2=CC3N=CNC(=NCc4ccc5c(c4)OCO5)C3S2)cc1. The van der Waals surface area contributed by atoms with Crippen LogP contribution in [0.2, 0.25) is 0 Å². The fraction of sp³-hybridized carbons (Fsp3) is 0.227. The van der Waals surface area contributed by atoms with Crippen LogP contribution in [0.3, 0.4) is 0 Å². The average molecular weight is 420 g/mol. The Balaban J connectivity index is 1.31. The van der Waals surface area contributed by atoms with Crippen LogP contribution in [-0.4, -0.2) is 43.2 Å². The van der Waals surface area contributed by atoms with Crippen LogP contribution in [0.5, 0.6) is 11.5 Å². The van der Waals surface area contributed by atoms with Crippen molar-refractivity contribution in [2.75, 3.05) is 13.8 Å². The molecule has 2 N–H and O–H groups in total. The third-order valence-corrected chi connectivity index (χ3v) is 6.52. The van der Waals surface area contributed by atoms with E-state index in [0.29, 0.717) is 12.1 Å². The zero-order valence-electron chi connectivity index (χ0n) is 16.3. The molecule has 0 saturated carbocycles. The molecule has 2 aromatic carbocycles. The van der Waals surface area contributed by atoms with E-state index in [1.54, 1.807) is 25.1 Å². The molecule has 7 nitrogen and oxygen atoms in total. The molecule has 0 fully saturated rings. The topological polar surface area (TPSA) is 84.3 Å². The van der Waals surface area contributed by atoms with E-state index in [4.69, 9.17) is 14.5 Å². The lowest BCUT2D eigenvalue weighted by Crippen LogP contribution is -2.41. The summed E-state index contributed by atoms with van der Waals surface area (Å²) in [6.07, 6.45) is 3.88. The van der Waals surface area contributed by atoms with E-state index < -0.39 is 0 Å². The van der Waals surface area contributed by atoms with Crippen molar-refractivity contribution in [1.29, 1.82) is 0 Å². The Morgan fingerprint density at radius 3 is 2.90 bits per heavy atom. The maximum atomic E-state index is 11.8. The van der Waals surface area contributed by atoms with E-state index in [1.165, 1.54) is 0 Å². The third-order valence-electron chi connectivity index (χ3n) is 5.14. The van der Waals surface area contributed by atoms with Crippen LogP contribution in [0.4, 0.5) is 0 Å². The van der Waals surface area contributed by atoms with Crippen molar-refractivity contribution in [2.24, 2.45) is 9.98 Å². The molecular weight excluding hydrogens is 400 g/mol. The second-order valence-electron chi connectivity index (χ2n) is 7.03. The predicted octanol–water partition coefficient (Wildman–Crippen LogP) is 2.83. The Morgan fingerprint density at radius 1 is 1.23 bits per heavy atom. The van der Waals surface area contributed by atoms with Crippen LogP contribution in [0.25, 0.3) is 4.91 Å². The van der Waals surface area contributed by atoms with Crippen LogP contribution in [0, 0.1) is 0 Å². The molecule has 0 spiro atoms. The van der Waals surface area contributed by atoms with Gasteiger partial charge in [0.05, 0.1) is 24.2 Å². The number of aliphatic imine (C=N–C) groups is 2. The van der Waals surface area contributed by atoms with Crippen molar-refractivity contribution in [3.63, 3.8) is 0 Å². The summed E-state index contributed by atoms with van der Waals surface area (Å²) in [5.74, 6) is 2.36. The number of nitrogens with one attached hydrogen (secondary N) is 2. The molecule has 0 bridgehead atoms. The fourth-order valence-corrected chi connectivity index (χ4v) is 4.85. The highest BCUT2D eigenvalue weighted by Crippen LogP contribution is 2.42. The maximum absolute atomic E-state index is 11.8. The molecule has 0 saturated heterocycles. The molecule has 2 unspecified atom stereocenters. The number of amides is 1. The van der Waals surface area contributed by atoms with Crippen molar-refractivity contribution < 1.29 is 14.3 Å². The summed E-state index contributed by atoms with van der Waals surface area (Å²) in [5.41, 5.74) is 2.79. The second-order valence-corrected chi connectivity index (χ2v) is 8.21. The molecular formula is C22H20N4O3S. The van der Waals surface area contributed by atoms with Gasteiger partial charge in [-0.15, -0.1) is 11.8 Å². The standard InChI is InChI=1S/C22H20N4O3S/c1-23-22(27)15-5-3-14(4-6-15)19-9-16-20(30-19)21(26-11-25-16)24-10-13-2-7-17-18(8-13)29-12-28-17/h2-9,11,16,20H,10,12H2,1H3,(H,23,27)(H,24,25,26). The molecule has 0 radical (unpaired) electrons. The van der Waals surface area contributed by atoms with Crippen molar-refractivity contribution in [2.45, 2.75) is 17.8 Å². The van der Waals surface area contributed by atoms with Crippen LogP contribution in [0.1, 0.15) is 21.5 Å². The van der Waals surface area contributed by atoms with Crippen LogP contribution < -0.4 is 20.1 Å². The monoisotopic (exact) mass is 420 g/mol. The van der Waals surface area contributed by atoms with Gasteiger partial charge in [-0.1, -0.05) is 18.2 Å². The largest absolute Gasteiger partial charge is 0.454 e. The number of thioether (sulfide) groups is 1. The van der Waals surface area contributed by atoms with Gasteiger partial charge in [0.1, 0.15) is 5.84 Å². The Labute approximate surface area is 178 Å². The highest BCUT2D eigenvalue weighted by Gasteiger charge is 2.34. The van der Waals surface area contributed by atoms with Crippen LogP contribution in [0.15, 0.2) is 58.5 Å². The third kappa shape index (κ3) is 3.54. The van der Waals surface area contributed by atoms with Crippen molar-refractivity contribution in [3.05, 3.63) is 65.2 Å². The first-order valence-corrected chi connectivity index (χ1v) is 10.5. The lowest BCUT2D eigenvalue weighted by molar-refractivity contribution is 0.0963. The summed E-state index contributed by atoms with van der Waals surface area (Å²) >= 11 is 1.74. The first kappa shape index (κ1) is 18.7. The number of rotatable bonds is 4. The fourth-order valence-electron chi connectivity index (χ4n) is 3.54. The Hall–Kier alpha value is -3.26. The molecule has 152 valence electrons. The van der Waals surface area contributed by atoms with Gasteiger partial charge < -0.3 is 20.1 Å². The number of hydrogen-bond acceptors (Lipinski definition) is 6. The number of nitrogens with zero attached hydrogens (tertiary/aromatic N) is 2. The van der Waals surface area contributed by atoms with Crippen LogP contribution in [-0.2, 0) is 6.54 Å². The van der Waals surface area contributed by atoms with Crippen molar-refractivity contribution in [3.8, 4) is 11.5 Å². The minimum Gasteiger partial charge on any atom is -0.454 e. The van der Waals surface area contributed by atoms with Crippen molar-refractivity contribution >= 4 is 34.7 Å². The van der Waals surface area contributed by atoms with E-state index in [9.17, 15) is 4.79 Å². The number of ether oxygens (including phenoxy) is 2. The Morgan fingerprint density at radius 2 is 2.07 bits per heavy atom. The zero-order chi connectivity index (χ0) is 20.5. The molecule has 3 heterocycles. The molecule has 3 aliphatic heterocycles. The molecule has 0 aromatic heterocycles. The first-order valence-electron chi connectivity index (χ1n) is 9.63. The molecule has 8 heteroatoms. The molecule has 3 aliphatic rings. The lowest BCUT2D eigenvalue weighted by atomic mass is 10.1. The van der Waals surface area contributed by atoms with Gasteiger partial charge in [-0.2, -0.15) is 0 Å². The van der Waals surface area contributed by atoms with E-state index in [-0.39, 0.29) is 24.0 Å². The minimum atomic E-state index is -0.0880. The first-order chi connectivity index (χ1) is 14.7. The number of hydrogen-bond donors (Lipinski definition) is 2. The van der Waals surface area contributed by atoms with Gasteiger partial charge in [0.15, 0.2) is 11.5 Å². The van der Waals surface area contributed by atoms with Gasteiger partial charge in [-0.25, -0.2) is 0 Å². The molecule has 0 aliphatic carbocycles. The molecule has 1 amide bonds. The number of carbonyl (C=O) groups is 1. The number of amidine groups is 1.